The number of aryl methyl sites for hydroxylation is 4. The van der Waals surface area contributed by atoms with Crippen LogP contribution < -0.4 is 4.74 Å². The number of rotatable bonds is 7. The second-order valence-electron chi connectivity index (χ2n) is 7.17. The van der Waals surface area contributed by atoms with Crippen molar-refractivity contribution in [3.05, 3.63) is 46.8 Å². The minimum Gasteiger partial charge on any atom is -0.490 e. The first-order valence-corrected chi connectivity index (χ1v) is 9.77. The Morgan fingerprint density at radius 2 is 1.86 bits per heavy atom. The highest BCUT2D eigenvalue weighted by Gasteiger charge is 2.24. The van der Waals surface area contributed by atoms with Crippen LogP contribution in [0.4, 0.5) is 0 Å². The first-order valence-electron chi connectivity index (χ1n) is 9.77. The first kappa shape index (κ1) is 18.6. The maximum Gasteiger partial charge on any atom is 0.258 e. The molecule has 4 rings (SSSR count). The van der Waals surface area contributed by atoms with Crippen molar-refractivity contribution in [2.75, 3.05) is 13.2 Å². The highest BCUT2D eigenvalue weighted by Crippen LogP contribution is 2.32. The van der Waals surface area contributed by atoms with Crippen LogP contribution in [-0.4, -0.2) is 34.4 Å². The average Bonchev–Trinajstić information content (AvgIpc) is 3.39. The van der Waals surface area contributed by atoms with Gasteiger partial charge in [0.15, 0.2) is 0 Å². The van der Waals surface area contributed by atoms with Crippen molar-refractivity contribution in [2.24, 2.45) is 0 Å². The summed E-state index contributed by atoms with van der Waals surface area (Å²) in [5, 5.41) is 4.21. The highest BCUT2D eigenvalue weighted by molar-refractivity contribution is 5.64. The highest BCUT2D eigenvalue weighted by atomic mass is 16.6. The molecule has 1 aromatic carbocycles. The van der Waals surface area contributed by atoms with Gasteiger partial charge in [-0.3, -0.25) is 4.98 Å². The third kappa shape index (κ3) is 3.92. The Bertz CT molecular complexity index is 993. The van der Waals surface area contributed by atoms with E-state index in [9.17, 15) is 0 Å². The average molecular weight is 379 g/mol. The van der Waals surface area contributed by atoms with Gasteiger partial charge in [-0.25, -0.2) is 0 Å². The van der Waals surface area contributed by atoms with Crippen LogP contribution in [0.25, 0.3) is 22.8 Å². The summed E-state index contributed by atoms with van der Waals surface area (Å²) in [6.45, 7) is 9.61. The fourth-order valence-corrected chi connectivity index (χ4v) is 3.29. The van der Waals surface area contributed by atoms with Gasteiger partial charge in [-0.2, -0.15) is 4.98 Å². The Morgan fingerprint density at radius 3 is 2.57 bits per heavy atom. The molecule has 6 nitrogen and oxygen atoms in total. The van der Waals surface area contributed by atoms with Crippen LogP contribution in [0.1, 0.15) is 36.4 Å². The molecule has 3 heterocycles. The quantitative estimate of drug-likeness (QED) is 0.569. The molecule has 0 saturated carbocycles. The molecule has 28 heavy (non-hydrogen) atoms. The van der Waals surface area contributed by atoms with Gasteiger partial charge in [0.05, 0.1) is 6.61 Å². The van der Waals surface area contributed by atoms with E-state index >= 15 is 0 Å². The summed E-state index contributed by atoms with van der Waals surface area (Å²) in [5.41, 5.74) is 5.99. The molecule has 1 atom stereocenters. The minimum atomic E-state index is 0.236. The van der Waals surface area contributed by atoms with Crippen LogP contribution in [0.15, 0.2) is 28.8 Å². The zero-order valence-corrected chi connectivity index (χ0v) is 16.8. The van der Waals surface area contributed by atoms with E-state index in [-0.39, 0.29) is 6.10 Å². The number of nitrogens with zero attached hydrogens (tertiary/aromatic N) is 3. The van der Waals surface area contributed by atoms with Crippen molar-refractivity contribution >= 4 is 0 Å². The van der Waals surface area contributed by atoms with Crippen LogP contribution in [0.5, 0.6) is 5.75 Å². The molecule has 0 amide bonds. The molecule has 1 saturated heterocycles. The Balaban J connectivity index is 1.64. The lowest BCUT2D eigenvalue weighted by Crippen LogP contribution is -2.07. The number of aromatic nitrogens is 3. The molecule has 0 N–H and O–H groups in total. The molecule has 0 spiro atoms. The molecule has 1 fully saturated rings. The summed E-state index contributed by atoms with van der Waals surface area (Å²) >= 11 is 0. The number of benzene rings is 1. The maximum atomic E-state index is 5.99. The number of epoxide rings is 1. The molecule has 0 unspecified atom stereocenters. The van der Waals surface area contributed by atoms with Crippen molar-refractivity contribution in [1.82, 2.24) is 15.1 Å². The normalized spacial score (nSPS) is 15.6. The number of hydrogen-bond donors (Lipinski definition) is 0. The molecule has 2 aromatic heterocycles. The van der Waals surface area contributed by atoms with Gasteiger partial charge in [0.2, 0.25) is 5.82 Å². The predicted molar refractivity (Wildman–Crippen MR) is 106 cm³/mol. The van der Waals surface area contributed by atoms with Gasteiger partial charge >= 0.3 is 0 Å². The van der Waals surface area contributed by atoms with Crippen molar-refractivity contribution in [1.29, 1.82) is 0 Å². The standard InChI is InChI=1S/C22H25N3O3/c1-5-15-9-16(7-13(3)20(15)27-12-19-11-26-19)21-24-22(28-25-21)17-8-14(4)23-18(6-2)10-17/h7-10,19H,5-6,11-12H2,1-4H3/t19-/m1/s1. The molecule has 1 aliphatic heterocycles. The third-order valence-corrected chi connectivity index (χ3v) is 4.85. The second-order valence-corrected chi connectivity index (χ2v) is 7.17. The summed E-state index contributed by atoms with van der Waals surface area (Å²) in [5.74, 6) is 2.03. The summed E-state index contributed by atoms with van der Waals surface area (Å²) < 4.78 is 16.8. The monoisotopic (exact) mass is 379 g/mol. The van der Waals surface area contributed by atoms with Gasteiger partial charge in [-0.15, -0.1) is 0 Å². The van der Waals surface area contributed by atoms with E-state index in [2.05, 4.69) is 35.0 Å². The van der Waals surface area contributed by atoms with Gasteiger partial charge in [0.25, 0.3) is 5.89 Å². The Labute approximate surface area is 164 Å². The lowest BCUT2D eigenvalue weighted by atomic mass is 10.0. The second kappa shape index (κ2) is 7.72. The van der Waals surface area contributed by atoms with Crippen LogP contribution in [0, 0.1) is 13.8 Å². The molecule has 0 bridgehead atoms. The van der Waals surface area contributed by atoms with E-state index in [0.29, 0.717) is 18.3 Å². The number of pyridine rings is 1. The van der Waals surface area contributed by atoms with E-state index in [1.165, 1.54) is 0 Å². The van der Waals surface area contributed by atoms with Gasteiger partial charge in [0.1, 0.15) is 18.5 Å². The summed E-state index contributed by atoms with van der Waals surface area (Å²) in [6, 6.07) is 8.10. The largest absolute Gasteiger partial charge is 0.490 e. The molecule has 146 valence electrons. The third-order valence-electron chi connectivity index (χ3n) is 4.85. The Hall–Kier alpha value is -2.73. The van der Waals surface area contributed by atoms with Gasteiger partial charge in [-0.05, 0) is 62.1 Å². The molecule has 6 heteroatoms. The van der Waals surface area contributed by atoms with E-state index in [1.807, 2.05) is 32.0 Å². The fourth-order valence-electron chi connectivity index (χ4n) is 3.29. The SMILES string of the molecule is CCc1cc(-c2nc(-c3cc(C)c(OC[C@H]4CO4)c(CC)c3)no2)cc(C)n1. The fraction of sp³-hybridized carbons (Fsp3) is 0.409. The van der Waals surface area contributed by atoms with Crippen LogP contribution >= 0.6 is 0 Å². The van der Waals surface area contributed by atoms with Gasteiger partial charge in [0, 0.05) is 22.5 Å². The maximum absolute atomic E-state index is 5.99. The van der Waals surface area contributed by atoms with Crippen LogP contribution in [-0.2, 0) is 17.6 Å². The summed E-state index contributed by atoms with van der Waals surface area (Å²) in [7, 11) is 0. The Kier molecular flexibility index (Phi) is 5.13. The van der Waals surface area contributed by atoms with E-state index in [0.717, 1.165) is 58.8 Å². The van der Waals surface area contributed by atoms with E-state index in [4.69, 9.17) is 14.0 Å². The first-order chi connectivity index (χ1) is 13.6. The summed E-state index contributed by atoms with van der Waals surface area (Å²) in [6.07, 6.45) is 1.96. The molecule has 0 aliphatic carbocycles. The zero-order chi connectivity index (χ0) is 19.7. The molecular formula is C22H25N3O3. The zero-order valence-electron chi connectivity index (χ0n) is 16.8. The Morgan fingerprint density at radius 1 is 1.04 bits per heavy atom. The minimum absolute atomic E-state index is 0.236. The van der Waals surface area contributed by atoms with Crippen molar-refractivity contribution in [2.45, 2.75) is 46.6 Å². The smallest absolute Gasteiger partial charge is 0.258 e. The predicted octanol–water partition coefficient (Wildman–Crippen LogP) is 4.32. The van der Waals surface area contributed by atoms with Crippen LogP contribution in [0.3, 0.4) is 0 Å². The molecular weight excluding hydrogens is 354 g/mol. The van der Waals surface area contributed by atoms with Crippen molar-refractivity contribution in [3.63, 3.8) is 0 Å². The van der Waals surface area contributed by atoms with Crippen LogP contribution in [0.2, 0.25) is 0 Å². The number of ether oxygens (including phenoxy) is 2. The van der Waals surface area contributed by atoms with Crippen molar-refractivity contribution in [3.8, 4) is 28.6 Å². The summed E-state index contributed by atoms with van der Waals surface area (Å²) in [4.78, 5) is 9.14. The lowest BCUT2D eigenvalue weighted by molar-refractivity contribution is 0.260. The number of hydrogen-bond acceptors (Lipinski definition) is 6. The van der Waals surface area contributed by atoms with Gasteiger partial charge < -0.3 is 14.0 Å². The van der Waals surface area contributed by atoms with E-state index in [1.54, 1.807) is 0 Å². The van der Waals surface area contributed by atoms with Crippen molar-refractivity contribution < 1.29 is 14.0 Å². The molecule has 0 radical (unpaired) electrons. The topological polar surface area (TPSA) is 73.6 Å². The van der Waals surface area contributed by atoms with Gasteiger partial charge in [-0.1, -0.05) is 19.0 Å². The molecule has 3 aromatic rings. The lowest BCUT2D eigenvalue weighted by Gasteiger charge is -2.14. The van der Waals surface area contributed by atoms with E-state index < -0.39 is 0 Å². The molecule has 1 aliphatic rings.